The lowest BCUT2D eigenvalue weighted by Gasteiger charge is -2.24. The van der Waals surface area contributed by atoms with Gasteiger partial charge in [0.25, 0.3) is 0 Å². The van der Waals surface area contributed by atoms with Crippen LogP contribution in [0, 0.1) is 0 Å². The van der Waals surface area contributed by atoms with Crippen molar-refractivity contribution in [2.24, 2.45) is 0 Å². The summed E-state index contributed by atoms with van der Waals surface area (Å²) in [4.78, 5) is 27.1. The van der Waals surface area contributed by atoms with Gasteiger partial charge in [0.2, 0.25) is 5.91 Å². The maximum atomic E-state index is 12.7. The standard InChI is InChI=1S/C20H21NO4S/c22-17(14-3-5-18-19(12-14)25-10-9-24-18)4-6-20(23)21-8-1-2-16(21)15-7-11-26-13-15/h3,5,7,11-13,16H,1-2,4,6,8-10H2/t16-/m0/s1. The van der Waals surface area contributed by atoms with E-state index in [-0.39, 0.29) is 30.6 Å². The zero-order valence-electron chi connectivity index (χ0n) is 14.5. The Balaban J connectivity index is 1.37. The van der Waals surface area contributed by atoms with E-state index in [1.807, 2.05) is 10.3 Å². The first kappa shape index (κ1) is 17.1. The molecular weight excluding hydrogens is 350 g/mol. The highest BCUT2D eigenvalue weighted by atomic mass is 32.1. The van der Waals surface area contributed by atoms with Gasteiger partial charge in [-0.25, -0.2) is 0 Å². The normalized spacial score (nSPS) is 18.8. The third-order valence-electron chi connectivity index (χ3n) is 4.93. The Morgan fingerprint density at radius 3 is 2.77 bits per heavy atom. The van der Waals surface area contributed by atoms with Crippen LogP contribution in [0.1, 0.15) is 47.6 Å². The van der Waals surface area contributed by atoms with E-state index in [0.29, 0.717) is 30.3 Å². The van der Waals surface area contributed by atoms with Crippen LogP contribution in [0.5, 0.6) is 11.5 Å². The molecule has 3 heterocycles. The second kappa shape index (κ2) is 7.50. The Morgan fingerprint density at radius 2 is 1.96 bits per heavy atom. The molecular formula is C20H21NO4S. The fourth-order valence-corrected chi connectivity index (χ4v) is 4.31. The number of hydrogen-bond acceptors (Lipinski definition) is 5. The Labute approximate surface area is 156 Å². The van der Waals surface area contributed by atoms with E-state index < -0.39 is 0 Å². The van der Waals surface area contributed by atoms with E-state index in [1.54, 1.807) is 29.5 Å². The molecule has 26 heavy (non-hydrogen) atoms. The lowest BCUT2D eigenvalue weighted by molar-refractivity contribution is -0.132. The van der Waals surface area contributed by atoms with Crippen LogP contribution in [-0.2, 0) is 4.79 Å². The summed E-state index contributed by atoms with van der Waals surface area (Å²) >= 11 is 1.65. The highest BCUT2D eigenvalue weighted by Crippen LogP contribution is 2.34. The molecule has 1 fully saturated rings. The van der Waals surface area contributed by atoms with Crippen molar-refractivity contribution in [1.82, 2.24) is 4.90 Å². The number of thiophene rings is 1. The number of benzene rings is 1. The molecule has 136 valence electrons. The summed E-state index contributed by atoms with van der Waals surface area (Å²) in [5.41, 5.74) is 1.77. The van der Waals surface area contributed by atoms with Gasteiger partial charge in [0.15, 0.2) is 17.3 Å². The predicted molar refractivity (Wildman–Crippen MR) is 99.0 cm³/mol. The molecule has 1 aromatic carbocycles. The molecule has 1 amide bonds. The highest BCUT2D eigenvalue weighted by molar-refractivity contribution is 7.08. The zero-order chi connectivity index (χ0) is 17.9. The lowest BCUT2D eigenvalue weighted by Crippen LogP contribution is -2.30. The quantitative estimate of drug-likeness (QED) is 0.749. The monoisotopic (exact) mass is 371 g/mol. The average molecular weight is 371 g/mol. The summed E-state index contributed by atoms with van der Waals surface area (Å²) in [7, 11) is 0. The van der Waals surface area contributed by atoms with Gasteiger partial charge in [0.05, 0.1) is 6.04 Å². The molecule has 1 atom stereocenters. The van der Waals surface area contributed by atoms with Crippen molar-refractivity contribution in [3.8, 4) is 11.5 Å². The Hall–Kier alpha value is -2.34. The van der Waals surface area contributed by atoms with Crippen LogP contribution in [0.2, 0.25) is 0 Å². The zero-order valence-corrected chi connectivity index (χ0v) is 15.3. The third kappa shape index (κ3) is 3.46. The molecule has 0 radical (unpaired) electrons. The molecule has 2 aliphatic heterocycles. The SMILES string of the molecule is O=C(CCC(=O)N1CCC[C@H]1c1ccsc1)c1ccc2c(c1)OCCO2. The largest absolute Gasteiger partial charge is 0.486 e. The van der Waals surface area contributed by atoms with Crippen LogP contribution in [0.15, 0.2) is 35.0 Å². The molecule has 0 aliphatic carbocycles. The van der Waals surface area contributed by atoms with E-state index in [0.717, 1.165) is 19.4 Å². The molecule has 6 heteroatoms. The van der Waals surface area contributed by atoms with E-state index in [1.165, 1.54) is 5.56 Å². The van der Waals surface area contributed by atoms with Crippen molar-refractivity contribution in [3.05, 3.63) is 46.2 Å². The van der Waals surface area contributed by atoms with Crippen molar-refractivity contribution < 1.29 is 19.1 Å². The van der Waals surface area contributed by atoms with Crippen LogP contribution in [0.25, 0.3) is 0 Å². The van der Waals surface area contributed by atoms with Gasteiger partial charge in [-0.05, 0) is 53.4 Å². The lowest BCUT2D eigenvalue weighted by atomic mass is 10.0. The van der Waals surface area contributed by atoms with Crippen LogP contribution in [0.3, 0.4) is 0 Å². The number of carbonyl (C=O) groups is 2. The minimum absolute atomic E-state index is 0.0402. The van der Waals surface area contributed by atoms with Gasteiger partial charge in [-0.2, -0.15) is 11.3 Å². The Morgan fingerprint density at radius 1 is 1.12 bits per heavy atom. The maximum absolute atomic E-state index is 12.7. The molecule has 0 spiro atoms. The summed E-state index contributed by atoms with van der Waals surface area (Å²) in [5.74, 6) is 1.29. The fourth-order valence-electron chi connectivity index (χ4n) is 3.60. The number of ketones is 1. The first-order valence-corrected chi connectivity index (χ1v) is 9.91. The summed E-state index contributed by atoms with van der Waals surface area (Å²) < 4.78 is 11.0. The number of carbonyl (C=O) groups excluding carboxylic acids is 2. The number of amides is 1. The molecule has 0 bridgehead atoms. The van der Waals surface area contributed by atoms with Crippen molar-refractivity contribution in [2.45, 2.75) is 31.7 Å². The molecule has 4 rings (SSSR count). The number of likely N-dealkylation sites (tertiary alicyclic amines) is 1. The molecule has 5 nitrogen and oxygen atoms in total. The second-order valence-electron chi connectivity index (χ2n) is 6.58. The van der Waals surface area contributed by atoms with Gasteiger partial charge in [0.1, 0.15) is 13.2 Å². The Bertz CT molecular complexity index is 802. The topological polar surface area (TPSA) is 55.8 Å². The summed E-state index contributed by atoms with van der Waals surface area (Å²) in [6.07, 6.45) is 2.47. The van der Waals surface area contributed by atoms with Crippen LogP contribution in [0.4, 0.5) is 0 Å². The van der Waals surface area contributed by atoms with Crippen molar-refractivity contribution in [1.29, 1.82) is 0 Å². The highest BCUT2D eigenvalue weighted by Gasteiger charge is 2.30. The molecule has 0 unspecified atom stereocenters. The summed E-state index contributed by atoms with van der Waals surface area (Å²) in [6.45, 7) is 1.79. The first-order chi connectivity index (χ1) is 12.7. The third-order valence-corrected chi connectivity index (χ3v) is 5.63. The van der Waals surface area contributed by atoms with Crippen molar-refractivity contribution >= 4 is 23.0 Å². The number of ether oxygens (including phenoxy) is 2. The average Bonchev–Trinajstić information content (AvgIpc) is 3.36. The minimum Gasteiger partial charge on any atom is -0.486 e. The van der Waals surface area contributed by atoms with Gasteiger partial charge in [-0.1, -0.05) is 0 Å². The molecule has 2 aromatic rings. The number of hydrogen-bond donors (Lipinski definition) is 0. The molecule has 1 aromatic heterocycles. The van der Waals surface area contributed by atoms with Crippen molar-refractivity contribution in [3.63, 3.8) is 0 Å². The van der Waals surface area contributed by atoms with E-state index in [2.05, 4.69) is 11.4 Å². The van der Waals surface area contributed by atoms with Gasteiger partial charge in [-0.15, -0.1) is 0 Å². The second-order valence-corrected chi connectivity index (χ2v) is 7.36. The minimum atomic E-state index is -0.0402. The predicted octanol–water partition coefficient (Wildman–Crippen LogP) is 3.85. The fraction of sp³-hybridized carbons (Fsp3) is 0.400. The molecule has 2 aliphatic rings. The van der Waals surface area contributed by atoms with Gasteiger partial charge in [0, 0.05) is 24.9 Å². The van der Waals surface area contributed by atoms with E-state index >= 15 is 0 Å². The van der Waals surface area contributed by atoms with Gasteiger partial charge in [-0.3, -0.25) is 9.59 Å². The van der Waals surface area contributed by atoms with Gasteiger partial charge >= 0.3 is 0 Å². The maximum Gasteiger partial charge on any atom is 0.223 e. The van der Waals surface area contributed by atoms with Crippen molar-refractivity contribution in [2.75, 3.05) is 19.8 Å². The summed E-state index contributed by atoms with van der Waals surface area (Å²) in [5, 5.41) is 4.15. The number of fused-ring (bicyclic) bond motifs is 1. The Kier molecular flexibility index (Phi) is 4.93. The number of nitrogens with zero attached hydrogens (tertiary/aromatic N) is 1. The van der Waals surface area contributed by atoms with Gasteiger partial charge < -0.3 is 14.4 Å². The molecule has 1 saturated heterocycles. The first-order valence-electron chi connectivity index (χ1n) is 8.97. The van der Waals surface area contributed by atoms with Crippen LogP contribution < -0.4 is 9.47 Å². The number of rotatable bonds is 5. The van der Waals surface area contributed by atoms with Crippen LogP contribution in [-0.4, -0.2) is 36.3 Å². The van der Waals surface area contributed by atoms with Crippen LogP contribution >= 0.6 is 11.3 Å². The number of Topliss-reactive ketones (excluding diaryl/α,β-unsaturated/α-hetero) is 1. The molecule has 0 N–H and O–H groups in total. The summed E-state index contributed by atoms with van der Waals surface area (Å²) in [6, 6.07) is 7.46. The molecule has 0 saturated carbocycles. The smallest absolute Gasteiger partial charge is 0.223 e. The van der Waals surface area contributed by atoms with E-state index in [9.17, 15) is 9.59 Å². The van der Waals surface area contributed by atoms with E-state index in [4.69, 9.17) is 9.47 Å².